The van der Waals surface area contributed by atoms with Gasteiger partial charge in [0.2, 0.25) is 5.91 Å². The highest BCUT2D eigenvalue weighted by Gasteiger charge is 2.34. The summed E-state index contributed by atoms with van der Waals surface area (Å²) >= 11 is 0. The molecule has 5 heteroatoms. The van der Waals surface area contributed by atoms with E-state index in [2.05, 4.69) is 53.8 Å². The Balaban J connectivity index is 1.71. The number of aryl methyl sites for hydroxylation is 2. The van der Waals surface area contributed by atoms with E-state index in [4.69, 9.17) is 0 Å². The summed E-state index contributed by atoms with van der Waals surface area (Å²) in [5.41, 5.74) is 4.38. The maximum atomic E-state index is 13.4. The second-order valence-corrected chi connectivity index (χ2v) is 8.71. The fourth-order valence-corrected chi connectivity index (χ4v) is 4.36. The first kappa shape index (κ1) is 21.4. The Morgan fingerprint density at radius 2 is 1.90 bits per heavy atom. The number of nitrogens with zero attached hydrogens (tertiary/aromatic N) is 4. The van der Waals surface area contributed by atoms with Gasteiger partial charge in [-0.25, -0.2) is 9.97 Å². The zero-order valence-corrected chi connectivity index (χ0v) is 18.6. The number of benzene rings is 1. The van der Waals surface area contributed by atoms with Crippen molar-refractivity contribution >= 4 is 11.6 Å². The lowest BCUT2D eigenvalue weighted by Crippen LogP contribution is -2.47. The summed E-state index contributed by atoms with van der Waals surface area (Å²) in [6, 6.07) is 10.6. The highest BCUT2D eigenvalue weighted by molar-refractivity contribution is 5.96. The summed E-state index contributed by atoms with van der Waals surface area (Å²) in [6.45, 7) is 11.9. The molecule has 1 aliphatic rings. The molecule has 0 bridgehead atoms. The van der Waals surface area contributed by atoms with Crippen molar-refractivity contribution in [2.45, 2.75) is 53.5 Å². The normalized spacial score (nSPS) is 21.8. The first-order valence-electron chi connectivity index (χ1n) is 10.7. The molecule has 3 atom stereocenters. The van der Waals surface area contributed by atoms with Crippen LogP contribution in [0.5, 0.6) is 0 Å². The van der Waals surface area contributed by atoms with Crippen LogP contribution < -0.4 is 4.90 Å². The smallest absolute Gasteiger partial charge is 0.241 e. The first-order chi connectivity index (χ1) is 13.8. The molecule has 3 rings (SSSR count). The van der Waals surface area contributed by atoms with Gasteiger partial charge < -0.3 is 4.90 Å². The minimum atomic E-state index is 0.170. The maximum Gasteiger partial charge on any atom is 0.241 e. The zero-order valence-electron chi connectivity index (χ0n) is 18.6. The Bertz CT molecular complexity index is 845. The van der Waals surface area contributed by atoms with Crippen LogP contribution >= 0.6 is 0 Å². The number of hydrogen-bond acceptors (Lipinski definition) is 4. The van der Waals surface area contributed by atoms with Gasteiger partial charge in [0.05, 0.1) is 6.54 Å². The van der Waals surface area contributed by atoms with E-state index in [0.29, 0.717) is 18.4 Å². The van der Waals surface area contributed by atoms with Gasteiger partial charge in [0.25, 0.3) is 0 Å². The summed E-state index contributed by atoms with van der Waals surface area (Å²) in [5.74, 6) is 1.97. The van der Waals surface area contributed by atoms with Crippen LogP contribution in [-0.4, -0.2) is 47.0 Å². The van der Waals surface area contributed by atoms with Crippen molar-refractivity contribution in [3.05, 3.63) is 53.1 Å². The molecular weight excluding hydrogens is 360 g/mol. The predicted molar refractivity (Wildman–Crippen MR) is 118 cm³/mol. The van der Waals surface area contributed by atoms with Crippen LogP contribution in [-0.2, 0) is 17.6 Å². The number of fused-ring (bicyclic) bond motifs is 1. The summed E-state index contributed by atoms with van der Waals surface area (Å²) < 4.78 is 0. The molecule has 0 saturated heterocycles. The van der Waals surface area contributed by atoms with Gasteiger partial charge in [-0.3, -0.25) is 9.69 Å². The lowest BCUT2D eigenvalue weighted by Gasteiger charge is -2.34. The lowest BCUT2D eigenvalue weighted by atomic mass is 9.87. The van der Waals surface area contributed by atoms with Crippen LogP contribution in [0, 0.1) is 25.7 Å². The molecule has 0 spiro atoms. The van der Waals surface area contributed by atoms with Gasteiger partial charge in [-0.2, -0.15) is 0 Å². The number of carbonyl (C=O) groups is 1. The van der Waals surface area contributed by atoms with E-state index >= 15 is 0 Å². The highest BCUT2D eigenvalue weighted by Crippen LogP contribution is 2.35. The van der Waals surface area contributed by atoms with Crippen LogP contribution in [0.25, 0.3) is 0 Å². The van der Waals surface area contributed by atoms with Crippen molar-refractivity contribution in [3.63, 3.8) is 0 Å². The number of anilines is 1. The molecule has 0 fully saturated rings. The number of aromatic nitrogens is 2. The molecule has 156 valence electrons. The van der Waals surface area contributed by atoms with Crippen LogP contribution in [0.4, 0.5) is 5.69 Å². The van der Waals surface area contributed by atoms with E-state index in [9.17, 15) is 4.79 Å². The molecule has 1 aliphatic heterocycles. The van der Waals surface area contributed by atoms with Gasteiger partial charge in [-0.05, 0) is 63.8 Å². The minimum Gasteiger partial charge on any atom is -0.308 e. The maximum absolute atomic E-state index is 13.4. The number of rotatable bonds is 5. The highest BCUT2D eigenvalue weighted by atomic mass is 16.2. The Hall–Kier alpha value is -2.27. The van der Waals surface area contributed by atoms with E-state index in [0.717, 1.165) is 42.3 Å². The third-order valence-corrected chi connectivity index (χ3v) is 6.30. The van der Waals surface area contributed by atoms with Gasteiger partial charge in [0, 0.05) is 36.1 Å². The average molecular weight is 395 g/mol. The van der Waals surface area contributed by atoms with Gasteiger partial charge >= 0.3 is 0 Å². The first-order valence-corrected chi connectivity index (χ1v) is 10.7. The number of amides is 1. The van der Waals surface area contributed by atoms with Crippen molar-refractivity contribution < 1.29 is 4.79 Å². The van der Waals surface area contributed by atoms with Gasteiger partial charge in [-0.1, -0.05) is 32.0 Å². The number of hydrogen-bond donors (Lipinski definition) is 0. The Labute approximate surface area is 175 Å². The monoisotopic (exact) mass is 394 g/mol. The van der Waals surface area contributed by atoms with Crippen molar-refractivity contribution in [1.82, 2.24) is 14.9 Å². The van der Waals surface area contributed by atoms with Crippen molar-refractivity contribution in [2.24, 2.45) is 11.8 Å². The standard InChI is InChI=1S/C24H34N4O/c1-16-13-21-9-7-8-10-23(21)28(19(4)18(16)3)24(29)15-27(6)12-11-22-14-17(2)25-20(5)26-22/h7-10,14,16,18-19H,11-13,15H2,1-6H3. The summed E-state index contributed by atoms with van der Waals surface area (Å²) in [5, 5.41) is 0. The minimum absolute atomic E-state index is 0.170. The summed E-state index contributed by atoms with van der Waals surface area (Å²) in [6.07, 6.45) is 1.83. The number of carbonyl (C=O) groups excluding carboxylic acids is 1. The third-order valence-electron chi connectivity index (χ3n) is 6.30. The summed E-state index contributed by atoms with van der Waals surface area (Å²) in [7, 11) is 2.01. The molecule has 0 radical (unpaired) electrons. The second kappa shape index (κ2) is 9.04. The van der Waals surface area contributed by atoms with E-state index in [-0.39, 0.29) is 11.9 Å². The largest absolute Gasteiger partial charge is 0.308 e. The third kappa shape index (κ3) is 5.02. The molecule has 5 nitrogen and oxygen atoms in total. The second-order valence-electron chi connectivity index (χ2n) is 8.71. The molecule has 3 unspecified atom stereocenters. The molecule has 0 aliphatic carbocycles. The molecule has 29 heavy (non-hydrogen) atoms. The van der Waals surface area contributed by atoms with Gasteiger partial charge in [-0.15, -0.1) is 0 Å². The van der Waals surface area contributed by atoms with Crippen molar-refractivity contribution in [2.75, 3.05) is 25.0 Å². The van der Waals surface area contributed by atoms with Gasteiger partial charge in [0.1, 0.15) is 5.82 Å². The van der Waals surface area contributed by atoms with Gasteiger partial charge in [0.15, 0.2) is 0 Å². The van der Waals surface area contributed by atoms with Crippen LogP contribution in [0.3, 0.4) is 0 Å². The molecule has 2 aromatic rings. The van der Waals surface area contributed by atoms with E-state index < -0.39 is 0 Å². The topological polar surface area (TPSA) is 49.3 Å². The van der Waals surface area contributed by atoms with Crippen molar-refractivity contribution in [3.8, 4) is 0 Å². The quantitative estimate of drug-likeness (QED) is 0.774. The number of para-hydroxylation sites is 1. The summed E-state index contributed by atoms with van der Waals surface area (Å²) in [4.78, 5) is 26.4. The fourth-order valence-electron chi connectivity index (χ4n) is 4.36. The Morgan fingerprint density at radius 3 is 2.62 bits per heavy atom. The molecular formula is C24H34N4O. The van der Waals surface area contributed by atoms with Crippen LogP contribution in [0.15, 0.2) is 30.3 Å². The number of likely N-dealkylation sites (N-methyl/N-ethyl adjacent to an activating group) is 1. The Morgan fingerprint density at radius 1 is 1.17 bits per heavy atom. The van der Waals surface area contributed by atoms with E-state index in [1.54, 1.807) is 0 Å². The van der Waals surface area contributed by atoms with E-state index in [1.165, 1.54) is 5.56 Å². The zero-order chi connectivity index (χ0) is 21.1. The molecule has 1 aromatic carbocycles. The van der Waals surface area contributed by atoms with Crippen molar-refractivity contribution in [1.29, 1.82) is 0 Å². The van der Waals surface area contributed by atoms with E-state index in [1.807, 2.05) is 37.9 Å². The fraction of sp³-hybridized carbons (Fsp3) is 0.542. The SMILES string of the molecule is Cc1cc(CCN(C)CC(=O)N2c3ccccc3CC(C)C(C)C2C)nc(C)n1. The molecule has 1 amide bonds. The molecule has 0 saturated carbocycles. The van der Waals surface area contributed by atoms with Crippen LogP contribution in [0.1, 0.15) is 43.5 Å². The van der Waals surface area contributed by atoms with Crippen LogP contribution in [0.2, 0.25) is 0 Å². The lowest BCUT2D eigenvalue weighted by molar-refractivity contribution is -0.120. The predicted octanol–water partition coefficient (Wildman–Crippen LogP) is 3.82. The molecule has 0 N–H and O–H groups in total. The molecule has 2 heterocycles. The molecule has 1 aromatic heterocycles. The average Bonchev–Trinajstić information content (AvgIpc) is 2.75. The Kier molecular flexibility index (Phi) is 6.68.